The molecule has 1 heterocycles. The number of benzene rings is 2. The highest BCUT2D eigenvalue weighted by atomic mass is 19.4. The van der Waals surface area contributed by atoms with Crippen LogP contribution in [0.5, 0.6) is 0 Å². The second-order valence-electron chi connectivity index (χ2n) is 6.50. The van der Waals surface area contributed by atoms with Crippen LogP contribution in [0.4, 0.5) is 18.9 Å². The predicted molar refractivity (Wildman–Crippen MR) is 97.5 cm³/mol. The zero-order chi connectivity index (χ0) is 20.5. The first-order chi connectivity index (χ1) is 13.1. The average molecular weight is 389 g/mol. The van der Waals surface area contributed by atoms with Gasteiger partial charge in [-0.2, -0.15) is 13.2 Å². The number of rotatable bonds is 4. The molecule has 0 bridgehead atoms. The molecule has 28 heavy (non-hydrogen) atoms. The monoisotopic (exact) mass is 389 g/mol. The minimum atomic E-state index is -4.68. The van der Waals surface area contributed by atoms with Crippen LogP contribution >= 0.6 is 0 Å². The van der Waals surface area contributed by atoms with E-state index in [4.69, 9.17) is 0 Å². The highest BCUT2D eigenvalue weighted by Crippen LogP contribution is 2.30. The Morgan fingerprint density at radius 1 is 1.07 bits per heavy atom. The minimum Gasteiger partial charge on any atom is -0.413 e. The van der Waals surface area contributed by atoms with Gasteiger partial charge in [0.1, 0.15) is 0 Å². The minimum absolute atomic E-state index is 0.109. The second kappa shape index (κ2) is 7.46. The van der Waals surface area contributed by atoms with Crippen LogP contribution < -0.4 is 4.90 Å². The Morgan fingerprint density at radius 3 is 2.29 bits per heavy atom. The molecule has 0 saturated carbocycles. The Balaban J connectivity index is 1.82. The molecule has 5 nitrogen and oxygen atoms in total. The van der Waals surface area contributed by atoms with Gasteiger partial charge in [0.25, 0.3) is 0 Å². The van der Waals surface area contributed by atoms with Crippen LogP contribution in [0.1, 0.15) is 29.5 Å². The molecule has 0 saturated heterocycles. The van der Waals surface area contributed by atoms with Gasteiger partial charge in [0.05, 0.1) is 6.54 Å². The van der Waals surface area contributed by atoms with Crippen molar-refractivity contribution in [2.45, 2.75) is 33.5 Å². The molecule has 0 unspecified atom stereocenters. The van der Waals surface area contributed by atoms with Crippen LogP contribution in [0.2, 0.25) is 0 Å². The van der Waals surface area contributed by atoms with Gasteiger partial charge in [0.15, 0.2) is 0 Å². The summed E-state index contributed by atoms with van der Waals surface area (Å²) in [7, 11) is 0. The van der Waals surface area contributed by atoms with Gasteiger partial charge >= 0.3 is 12.1 Å². The third-order valence-corrected chi connectivity index (χ3v) is 4.23. The number of aromatic nitrogens is 2. The van der Waals surface area contributed by atoms with Gasteiger partial charge in [-0.1, -0.05) is 29.8 Å². The lowest BCUT2D eigenvalue weighted by Gasteiger charge is -2.23. The number of amides is 1. The van der Waals surface area contributed by atoms with Crippen molar-refractivity contribution in [3.05, 3.63) is 65.0 Å². The summed E-state index contributed by atoms with van der Waals surface area (Å²) in [5.41, 5.74) is 4.08. The van der Waals surface area contributed by atoms with E-state index in [9.17, 15) is 18.0 Å². The smallest absolute Gasteiger partial charge is 0.413 e. The van der Waals surface area contributed by atoms with Gasteiger partial charge in [-0.15, -0.1) is 10.2 Å². The first-order valence-electron chi connectivity index (χ1n) is 8.50. The van der Waals surface area contributed by atoms with Crippen LogP contribution in [-0.4, -0.2) is 16.1 Å². The number of anilines is 1. The third kappa shape index (κ3) is 4.21. The molecule has 1 amide bonds. The molecule has 0 spiro atoms. The fraction of sp³-hybridized carbons (Fsp3) is 0.250. The summed E-state index contributed by atoms with van der Waals surface area (Å²) in [5, 5.41) is 6.46. The molecular formula is C20H18F3N3O2. The molecule has 1 aromatic heterocycles. The lowest BCUT2D eigenvalue weighted by atomic mass is 10.1. The van der Waals surface area contributed by atoms with Crippen molar-refractivity contribution in [2.24, 2.45) is 0 Å². The Morgan fingerprint density at radius 2 is 1.75 bits per heavy atom. The van der Waals surface area contributed by atoms with E-state index in [-0.39, 0.29) is 11.8 Å². The van der Waals surface area contributed by atoms with E-state index >= 15 is 0 Å². The average Bonchev–Trinajstić information content (AvgIpc) is 3.11. The van der Waals surface area contributed by atoms with E-state index in [2.05, 4.69) is 14.6 Å². The predicted octanol–water partition coefficient (Wildman–Crippen LogP) is 4.93. The van der Waals surface area contributed by atoms with Crippen LogP contribution in [0.15, 0.2) is 46.9 Å². The largest absolute Gasteiger partial charge is 0.470 e. The zero-order valence-corrected chi connectivity index (χ0v) is 15.5. The number of carbonyl (C=O) groups excluding carboxylic acids is 1. The summed E-state index contributed by atoms with van der Waals surface area (Å²) >= 11 is 0. The fourth-order valence-corrected chi connectivity index (χ4v) is 2.86. The molecule has 2 aromatic carbocycles. The molecule has 0 aliphatic carbocycles. The summed E-state index contributed by atoms with van der Waals surface area (Å²) in [6.07, 6.45) is -4.68. The maximum absolute atomic E-state index is 12.6. The van der Waals surface area contributed by atoms with Crippen molar-refractivity contribution in [1.29, 1.82) is 0 Å². The highest BCUT2D eigenvalue weighted by Gasteiger charge is 2.38. The first kappa shape index (κ1) is 19.6. The quantitative estimate of drug-likeness (QED) is 0.635. The van der Waals surface area contributed by atoms with Gasteiger partial charge in [0.2, 0.25) is 11.8 Å². The van der Waals surface area contributed by atoms with Crippen LogP contribution in [0.3, 0.4) is 0 Å². The molecular weight excluding hydrogens is 371 g/mol. The SMILES string of the molecule is CC(=O)N(Cc1ccc(-c2nnc(C(F)(F)F)o2)cc1)c1ccc(C)cc1C. The normalized spacial score (nSPS) is 11.5. The number of halogens is 3. The Bertz CT molecular complexity index is 995. The molecule has 0 atom stereocenters. The summed E-state index contributed by atoms with van der Waals surface area (Å²) in [4.78, 5) is 13.8. The number of nitrogens with zero attached hydrogens (tertiary/aromatic N) is 3. The molecule has 0 radical (unpaired) electrons. The lowest BCUT2D eigenvalue weighted by molar-refractivity contribution is -0.156. The van der Waals surface area contributed by atoms with Gasteiger partial charge in [-0.25, -0.2) is 0 Å². The second-order valence-corrected chi connectivity index (χ2v) is 6.50. The van der Waals surface area contributed by atoms with Crippen LogP contribution in [0, 0.1) is 13.8 Å². The van der Waals surface area contributed by atoms with E-state index in [0.717, 1.165) is 22.4 Å². The van der Waals surface area contributed by atoms with Gasteiger partial charge in [-0.3, -0.25) is 4.79 Å². The summed E-state index contributed by atoms with van der Waals surface area (Å²) in [5.74, 6) is -1.70. The molecule has 0 aliphatic rings. The van der Waals surface area contributed by atoms with E-state index in [1.165, 1.54) is 6.92 Å². The number of hydrogen-bond acceptors (Lipinski definition) is 4. The third-order valence-electron chi connectivity index (χ3n) is 4.23. The fourth-order valence-electron chi connectivity index (χ4n) is 2.86. The highest BCUT2D eigenvalue weighted by molar-refractivity contribution is 5.92. The molecule has 3 aromatic rings. The first-order valence-corrected chi connectivity index (χ1v) is 8.50. The van der Waals surface area contributed by atoms with Crippen LogP contribution in [0.25, 0.3) is 11.5 Å². The lowest BCUT2D eigenvalue weighted by Crippen LogP contribution is -2.28. The molecule has 0 N–H and O–H groups in total. The Kier molecular flexibility index (Phi) is 5.22. The van der Waals surface area contributed by atoms with E-state index in [1.807, 2.05) is 32.0 Å². The van der Waals surface area contributed by atoms with Gasteiger partial charge in [-0.05, 0) is 43.2 Å². The van der Waals surface area contributed by atoms with Crippen LogP contribution in [-0.2, 0) is 17.5 Å². The van der Waals surface area contributed by atoms with Crippen molar-refractivity contribution < 1.29 is 22.4 Å². The topological polar surface area (TPSA) is 59.2 Å². The van der Waals surface area contributed by atoms with E-state index in [0.29, 0.717) is 12.1 Å². The maximum atomic E-state index is 12.6. The van der Waals surface area contributed by atoms with Crippen molar-refractivity contribution in [3.8, 4) is 11.5 Å². The maximum Gasteiger partial charge on any atom is 0.470 e. The van der Waals surface area contributed by atoms with Crippen molar-refractivity contribution in [1.82, 2.24) is 10.2 Å². The van der Waals surface area contributed by atoms with Gasteiger partial charge in [0, 0.05) is 18.2 Å². The Hall–Kier alpha value is -3.16. The number of hydrogen-bond donors (Lipinski definition) is 0. The number of carbonyl (C=O) groups is 1. The number of alkyl halides is 3. The number of aryl methyl sites for hydroxylation is 2. The zero-order valence-electron chi connectivity index (χ0n) is 15.5. The van der Waals surface area contributed by atoms with Crippen molar-refractivity contribution in [3.63, 3.8) is 0 Å². The van der Waals surface area contributed by atoms with E-state index in [1.54, 1.807) is 29.2 Å². The standard InChI is InChI=1S/C20H18F3N3O2/c1-12-4-9-17(13(2)10-12)26(14(3)27)11-15-5-7-16(8-6-15)18-24-25-19(28-18)20(21,22)23/h4-10H,11H2,1-3H3. The van der Waals surface area contributed by atoms with E-state index < -0.39 is 12.1 Å². The molecule has 8 heteroatoms. The molecule has 3 rings (SSSR count). The Labute approximate surface area is 159 Å². The van der Waals surface area contributed by atoms with Gasteiger partial charge < -0.3 is 9.32 Å². The summed E-state index contributed by atoms with van der Waals surface area (Å²) in [6.45, 7) is 5.74. The molecule has 0 fully saturated rings. The van der Waals surface area contributed by atoms with Crippen molar-refractivity contribution >= 4 is 11.6 Å². The summed E-state index contributed by atoms with van der Waals surface area (Å²) in [6, 6.07) is 12.4. The van der Waals surface area contributed by atoms with Crippen molar-refractivity contribution in [2.75, 3.05) is 4.90 Å². The summed E-state index contributed by atoms with van der Waals surface area (Å²) < 4.78 is 42.4. The molecule has 0 aliphatic heterocycles. The molecule has 146 valence electrons.